The van der Waals surface area contributed by atoms with Crippen LogP contribution in [0.15, 0.2) is 72.8 Å². The molecule has 0 heterocycles. The van der Waals surface area contributed by atoms with Crippen molar-refractivity contribution in [2.24, 2.45) is 0 Å². The van der Waals surface area contributed by atoms with E-state index < -0.39 is 0 Å². The minimum absolute atomic E-state index is 0.0662. The van der Waals surface area contributed by atoms with E-state index in [1.807, 2.05) is 48.5 Å². The highest BCUT2D eigenvalue weighted by Crippen LogP contribution is 2.38. The molecule has 0 radical (unpaired) electrons. The third kappa shape index (κ3) is 6.04. The van der Waals surface area contributed by atoms with E-state index in [4.69, 9.17) is 9.47 Å². The number of ether oxygens (including phenoxy) is 2. The maximum absolute atomic E-state index is 12.9. The molecule has 0 atom stereocenters. The van der Waals surface area contributed by atoms with Crippen molar-refractivity contribution in [2.45, 2.75) is 71.8 Å². The van der Waals surface area contributed by atoms with Crippen molar-refractivity contribution in [2.75, 3.05) is 0 Å². The van der Waals surface area contributed by atoms with Gasteiger partial charge in [-0.15, -0.1) is 0 Å². The van der Waals surface area contributed by atoms with E-state index in [1.54, 1.807) is 12.1 Å². The molecule has 33 heavy (non-hydrogen) atoms. The van der Waals surface area contributed by atoms with E-state index in [1.165, 1.54) is 5.56 Å². The summed E-state index contributed by atoms with van der Waals surface area (Å²) < 4.78 is 11.7. The van der Waals surface area contributed by atoms with Crippen LogP contribution in [-0.2, 0) is 17.4 Å². The lowest BCUT2D eigenvalue weighted by Gasteiger charge is -2.30. The topological polar surface area (TPSA) is 35.5 Å². The van der Waals surface area contributed by atoms with Gasteiger partial charge >= 0.3 is 5.97 Å². The van der Waals surface area contributed by atoms with Crippen molar-refractivity contribution >= 4 is 5.97 Å². The summed E-state index contributed by atoms with van der Waals surface area (Å²) >= 11 is 0. The zero-order valence-electron chi connectivity index (χ0n) is 20.8. The van der Waals surface area contributed by atoms with E-state index in [9.17, 15) is 4.79 Å². The second-order valence-electron chi connectivity index (χ2n) is 9.87. The highest BCUT2D eigenvalue weighted by Gasteiger charge is 2.27. The number of hydrogen-bond donors (Lipinski definition) is 0. The maximum Gasteiger partial charge on any atom is 0.343 e. The first-order valence-corrected chi connectivity index (χ1v) is 11.8. The van der Waals surface area contributed by atoms with Crippen LogP contribution in [0, 0.1) is 0 Å². The van der Waals surface area contributed by atoms with Gasteiger partial charge in [0.15, 0.2) is 0 Å². The predicted octanol–water partition coefficient (Wildman–Crippen LogP) is 7.86. The molecule has 0 aliphatic heterocycles. The van der Waals surface area contributed by atoms with Gasteiger partial charge in [0, 0.05) is 5.56 Å². The third-order valence-corrected chi connectivity index (χ3v) is 6.80. The van der Waals surface area contributed by atoms with Crippen LogP contribution in [0.3, 0.4) is 0 Å². The molecular weight excluding hydrogens is 408 g/mol. The number of hydrogen-bond acceptors (Lipinski definition) is 3. The lowest BCUT2D eigenvalue weighted by atomic mass is 9.76. The van der Waals surface area contributed by atoms with Gasteiger partial charge in [-0.05, 0) is 65.1 Å². The van der Waals surface area contributed by atoms with Crippen molar-refractivity contribution in [3.05, 3.63) is 95.1 Å². The number of carbonyl (C=O) groups excluding carboxylic acids is 1. The first-order valence-electron chi connectivity index (χ1n) is 11.8. The molecule has 0 aliphatic carbocycles. The Morgan fingerprint density at radius 1 is 0.788 bits per heavy atom. The highest BCUT2D eigenvalue weighted by atomic mass is 16.5. The molecule has 0 aromatic heterocycles. The highest BCUT2D eigenvalue weighted by molar-refractivity contribution is 5.91. The monoisotopic (exact) mass is 444 g/mol. The van der Waals surface area contributed by atoms with Gasteiger partial charge in [-0.2, -0.15) is 0 Å². The zero-order valence-corrected chi connectivity index (χ0v) is 20.8. The van der Waals surface area contributed by atoms with E-state index >= 15 is 0 Å². The van der Waals surface area contributed by atoms with Crippen molar-refractivity contribution in [1.82, 2.24) is 0 Å². The Balaban J connectivity index is 1.77. The van der Waals surface area contributed by atoms with Crippen LogP contribution in [0.2, 0.25) is 0 Å². The molecule has 3 rings (SSSR count). The predicted molar refractivity (Wildman–Crippen MR) is 135 cm³/mol. The number of esters is 1. The van der Waals surface area contributed by atoms with Crippen LogP contribution >= 0.6 is 0 Å². The van der Waals surface area contributed by atoms with Gasteiger partial charge in [-0.3, -0.25) is 0 Å². The summed E-state index contributed by atoms with van der Waals surface area (Å²) in [5, 5.41) is 0. The molecule has 0 unspecified atom stereocenters. The summed E-state index contributed by atoms with van der Waals surface area (Å²) in [6, 6.07) is 23.4. The Hall–Kier alpha value is -3.07. The molecule has 3 nitrogen and oxygen atoms in total. The standard InChI is InChI=1S/C30H36O3/c1-7-29(3,4)24-16-19-27(26(20-24)30(5,6)8-2)33-28(31)23-14-17-25(18-15-23)32-21-22-12-10-9-11-13-22/h9-20H,7-8,21H2,1-6H3. The smallest absolute Gasteiger partial charge is 0.343 e. The quantitative estimate of drug-likeness (QED) is 0.249. The molecule has 0 aliphatic rings. The Kier molecular flexibility index (Phi) is 7.63. The van der Waals surface area contributed by atoms with E-state index in [2.05, 4.69) is 53.7 Å². The molecule has 0 saturated heterocycles. The average molecular weight is 445 g/mol. The Labute approximate surface area is 198 Å². The van der Waals surface area contributed by atoms with Crippen molar-refractivity contribution in [1.29, 1.82) is 0 Å². The number of carbonyl (C=O) groups is 1. The lowest BCUT2D eigenvalue weighted by Crippen LogP contribution is -2.22. The lowest BCUT2D eigenvalue weighted by molar-refractivity contribution is 0.0731. The summed E-state index contributed by atoms with van der Waals surface area (Å²) in [4.78, 5) is 12.9. The SMILES string of the molecule is CCC(C)(C)c1ccc(OC(=O)c2ccc(OCc3ccccc3)cc2)c(C(C)(C)CC)c1. The summed E-state index contributed by atoms with van der Waals surface area (Å²) in [6.07, 6.45) is 1.98. The van der Waals surface area contributed by atoms with Crippen molar-refractivity contribution < 1.29 is 14.3 Å². The molecule has 174 valence electrons. The molecule has 0 N–H and O–H groups in total. The number of rotatable bonds is 9. The molecule has 0 saturated carbocycles. The molecule has 0 amide bonds. The summed E-state index contributed by atoms with van der Waals surface area (Å²) in [7, 11) is 0. The van der Waals surface area contributed by atoms with Crippen LogP contribution < -0.4 is 9.47 Å². The van der Waals surface area contributed by atoms with Crippen LogP contribution in [0.25, 0.3) is 0 Å². The van der Waals surface area contributed by atoms with Crippen LogP contribution in [-0.4, -0.2) is 5.97 Å². The van der Waals surface area contributed by atoms with Crippen LogP contribution in [0.1, 0.15) is 81.4 Å². The molecule has 3 aromatic carbocycles. The minimum Gasteiger partial charge on any atom is -0.489 e. The molecule has 0 fully saturated rings. The Morgan fingerprint density at radius 3 is 2.03 bits per heavy atom. The van der Waals surface area contributed by atoms with Crippen molar-refractivity contribution in [3.8, 4) is 11.5 Å². The fourth-order valence-electron chi connectivity index (χ4n) is 3.55. The second kappa shape index (κ2) is 10.2. The average Bonchev–Trinajstić information content (AvgIpc) is 2.83. The minimum atomic E-state index is -0.361. The largest absolute Gasteiger partial charge is 0.489 e. The van der Waals surface area contributed by atoms with Gasteiger partial charge in [0.2, 0.25) is 0 Å². The normalized spacial score (nSPS) is 11.8. The van der Waals surface area contributed by atoms with E-state index in [0.717, 1.165) is 24.0 Å². The Morgan fingerprint density at radius 2 is 1.42 bits per heavy atom. The van der Waals surface area contributed by atoms with Gasteiger partial charge in [0.1, 0.15) is 18.1 Å². The fraction of sp³-hybridized carbons (Fsp3) is 0.367. The first kappa shape index (κ1) is 24.6. The van der Waals surface area contributed by atoms with Gasteiger partial charge in [0.05, 0.1) is 5.56 Å². The first-order chi connectivity index (χ1) is 15.7. The van der Waals surface area contributed by atoms with Gasteiger partial charge in [0.25, 0.3) is 0 Å². The molecule has 3 heteroatoms. The van der Waals surface area contributed by atoms with Crippen LogP contribution in [0.4, 0.5) is 0 Å². The molecule has 3 aromatic rings. The van der Waals surface area contributed by atoms with Gasteiger partial charge in [-0.1, -0.05) is 84.0 Å². The summed E-state index contributed by atoms with van der Waals surface area (Å²) in [5.74, 6) is 0.988. The van der Waals surface area contributed by atoms with Gasteiger partial charge < -0.3 is 9.47 Å². The second-order valence-corrected chi connectivity index (χ2v) is 9.87. The fourth-order valence-corrected chi connectivity index (χ4v) is 3.55. The number of benzene rings is 3. The van der Waals surface area contributed by atoms with Crippen molar-refractivity contribution in [3.63, 3.8) is 0 Å². The summed E-state index contributed by atoms with van der Waals surface area (Å²) in [6.45, 7) is 13.7. The Bertz CT molecular complexity index is 1060. The molecule has 0 bridgehead atoms. The maximum atomic E-state index is 12.9. The van der Waals surface area contributed by atoms with E-state index in [0.29, 0.717) is 23.7 Å². The van der Waals surface area contributed by atoms with E-state index in [-0.39, 0.29) is 16.8 Å². The molecular formula is C30H36O3. The van der Waals surface area contributed by atoms with Gasteiger partial charge in [-0.25, -0.2) is 4.79 Å². The molecule has 0 spiro atoms. The third-order valence-electron chi connectivity index (χ3n) is 6.80. The zero-order chi connectivity index (χ0) is 24.1. The van der Waals surface area contributed by atoms with Crippen LogP contribution in [0.5, 0.6) is 11.5 Å². The summed E-state index contributed by atoms with van der Waals surface area (Å²) in [5.41, 5.74) is 3.89.